The molecule has 0 saturated carbocycles. The van der Waals surface area contributed by atoms with E-state index in [4.69, 9.17) is 0 Å². The van der Waals surface area contributed by atoms with Crippen molar-refractivity contribution in [1.29, 1.82) is 0 Å². The Bertz CT molecular complexity index is 375. The number of fused-ring (bicyclic) bond motifs is 1. The van der Waals surface area contributed by atoms with Gasteiger partial charge in [0.25, 0.3) is 0 Å². The third-order valence-electron chi connectivity index (χ3n) is 2.36. The van der Waals surface area contributed by atoms with Crippen molar-refractivity contribution in [3.8, 4) is 0 Å². The zero-order valence-corrected chi connectivity index (χ0v) is 7.99. The molecule has 0 N–H and O–H groups in total. The minimum absolute atomic E-state index is 0.520. The van der Waals surface area contributed by atoms with Gasteiger partial charge in [-0.3, -0.25) is 4.98 Å². The molecule has 0 saturated heterocycles. The Balaban J connectivity index is 2.59. The lowest BCUT2D eigenvalue weighted by Crippen LogP contribution is -1.87. The average Bonchev–Trinajstić information content (AvgIpc) is 2.30. The molecule has 1 aliphatic carbocycles. The summed E-state index contributed by atoms with van der Waals surface area (Å²) in [5, 5.41) is 0. The Kier molecular flexibility index (Phi) is 2.01. The molecule has 13 heavy (non-hydrogen) atoms. The van der Waals surface area contributed by atoms with E-state index in [1.54, 1.807) is 0 Å². The number of hydrogen-bond acceptors (Lipinski definition) is 1. The second-order valence-electron chi connectivity index (χ2n) is 3.54. The van der Waals surface area contributed by atoms with E-state index >= 15 is 0 Å². The van der Waals surface area contributed by atoms with E-state index in [0.29, 0.717) is 5.92 Å². The fourth-order valence-electron chi connectivity index (χ4n) is 1.52. The maximum absolute atomic E-state index is 4.18. The molecule has 0 radical (unpaired) electrons. The van der Waals surface area contributed by atoms with Gasteiger partial charge in [0, 0.05) is 12.4 Å². The van der Waals surface area contributed by atoms with Crippen molar-refractivity contribution in [3.63, 3.8) is 0 Å². The minimum Gasteiger partial charge on any atom is -0.264 e. The molecule has 1 unspecified atom stereocenters. The van der Waals surface area contributed by atoms with Gasteiger partial charge in [0.1, 0.15) is 0 Å². The Labute approximate surface area is 78.8 Å². The molecule has 0 bridgehead atoms. The molecule has 0 aromatic carbocycles. The molecule has 0 spiro atoms. The number of allylic oxidation sites excluding steroid dienone is 2. The van der Waals surface area contributed by atoms with Crippen LogP contribution in [0.4, 0.5) is 0 Å². The van der Waals surface area contributed by atoms with Crippen LogP contribution in [0.5, 0.6) is 0 Å². The standard InChI is InChI=1S/C12H13N/c1-9-3-5-11-8-13-7-10(2)12(11)6-4-9/h3-9H,1-2H3. The van der Waals surface area contributed by atoms with Crippen molar-refractivity contribution in [2.24, 2.45) is 5.92 Å². The lowest BCUT2D eigenvalue weighted by molar-refractivity contribution is 0.954. The molecule has 1 heterocycles. The Morgan fingerprint density at radius 1 is 1.15 bits per heavy atom. The summed E-state index contributed by atoms with van der Waals surface area (Å²) in [7, 11) is 0. The molecule has 1 aromatic heterocycles. The van der Waals surface area contributed by atoms with E-state index in [2.05, 4.69) is 43.1 Å². The SMILES string of the molecule is Cc1cncc2c1C=CC(C)C=C2. The molecule has 0 fully saturated rings. The Morgan fingerprint density at radius 2 is 1.92 bits per heavy atom. The van der Waals surface area contributed by atoms with Crippen LogP contribution in [0.15, 0.2) is 24.5 Å². The normalized spacial score (nSPS) is 19.7. The maximum Gasteiger partial charge on any atom is 0.0346 e. The van der Waals surface area contributed by atoms with Crippen LogP contribution in [-0.4, -0.2) is 4.98 Å². The van der Waals surface area contributed by atoms with Crippen molar-refractivity contribution in [1.82, 2.24) is 4.98 Å². The van der Waals surface area contributed by atoms with E-state index in [9.17, 15) is 0 Å². The fourth-order valence-corrected chi connectivity index (χ4v) is 1.52. The van der Waals surface area contributed by atoms with Gasteiger partial charge in [0.05, 0.1) is 0 Å². The summed E-state index contributed by atoms with van der Waals surface area (Å²) < 4.78 is 0. The summed E-state index contributed by atoms with van der Waals surface area (Å²) in [5.74, 6) is 0.520. The third-order valence-corrected chi connectivity index (χ3v) is 2.36. The number of nitrogens with zero attached hydrogens (tertiary/aromatic N) is 1. The van der Waals surface area contributed by atoms with Crippen LogP contribution >= 0.6 is 0 Å². The van der Waals surface area contributed by atoms with Crippen molar-refractivity contribution in [2.45, 2.75) is 13.8 Å². The lowest BCUT2D eigenvalue weighted by atomic mass is 10.1. The number of rotatable bonds is 0. The van der Waals surface area contributed by atoms with E-state index in [-0.39, 0.29) is 0 Å². The number of hydrogen-bond donors (Lipinski definition) is 0. The van der Waals surface area contributed by atoms with Crippen molar-refractivity contribution in [2.75, 3.05) is 0 Å². The van der Waals surface area contributed by atoms with Crippen molar-refractivity contribution >= 4 is 12.2 Å². The molecule has 1 nitrogen and oxygen atoms in total. The summed E-state index contributed by atoms with van der Waals surface area (Å²) in [6.07, 6.45) is 12.6. The molecule has 0 aliphatic heterocycles. The van der Waals surface area contributed by atoms with Gasteiger partial charge in [-0.05, 0) is 29.5 Å². The second kappa shape index (κ2) is 3.17. The quantitative estimate of drug-likeness (QED) is 0.584. The van der Waals surface area contributed by atoms with Crippen LogP contribution in [-0.2, 0) is 0 Å². The molecular weight excluding hydrogens is 158 g/mol. The molecule has 1 heteroatoms. The molecule has 0 amide bonds. The van der Waals surface area contributed by atoms with Crippen LogP contribution in [0, 0.1) is 12.8 Å². The zero-order valence-electron chi connectivity index (χ0n) is 7.99. The molecule has 66 valence electrons. The largest absolute Gasteiger partial charge is 0.264 e. The van der Waals surface area contributed by atoms with Crippen LogP contribution < -0.4 is 0 Å². The summed E-state index contributed by atoms with van der Waals surface area (Å²) >= 11 is 0. The van der Waals surface area contributed by atoms with E-state index in [1.807, 2.05) is 12.4 Å². The predicted molar refractivity (Wildman–Crippen MR) is 56.2 cm³/mol. The zero-order chi connectivity index (χ0) is 9.26. The second-order valence-corrected chi connectivity index (χ2v) is 3.54. The molecule has 1 aromatic rings. The van der Waals surface area contributed by atoms with Crippen LogP contribution in [0.1, 0.15) is 23.6 Å². The third kappa shape index (κ3) is 1.55. The Morgan fingerprint density at radius 3 is 2.77 bits per heavy atom. The van der Waals surface area contributed by atoms with Crippen LogP contribution in [0.25, 0.3) is 12.2 Å². The van der Waals surface area contributed by atoms with Crippen LogP contribution in [0.2, 0.25) is 0 Å². The van der Waals surface area contributed by atoms with Gasteiger partial charge in [-0.1, -0.05) is 31.2 Å². The van der Waals surface area contributed by atoms with Gasteiger partial charge < -0.3 is 0 Å². The minimum atomic E-state index is 0.520. The van der Waals surface area contributed by atoms with Gasteiger partial charge in [-0.15, -0.1) is 0 Å². The van der Waals surface area contributed by atoms with Crippen molar-refractivity contribution in [3.05, 3.63) is 41.2 Å². The highest BCUT2D eigenvalue weighted by atomic mass is 14.6. The van der Waals surface area contributed by atoms with Crippen LogP contribution in [0.3, 0.4) is 0 Å². The highest BCUT2D eigenvalue weighted by molar-refractivity contribution is 5.69. The lowest BCUT2D eigenvalue weighted by Gasteiger charge is -2.02. The summed E-state index contributed by atoms with van der Waals surface area (Å²) in [5.41, 5.74) is 3.77. The summed E-state index contributed by atoms with van der Waals surface area (Å²) in [4.78, 5) is 4.18. The fraction of sp³-hybridized carbons (Fsp3) is 0.250. The smallest absolute Gasteiger partial charge is 0.0346 e. The Hall–Kier alpha value is -1.37. The van der Waals surface area contributed by atoms with Gasteiger partial charge in [0.15, 0.2) is 0 Å². The topological polar surface area (TPSA) is 12.9 Å². The molecular formula is C12H13N. The molecule has 2 rings (SSSR count). The van der Waals surface area contributed by atoms with E-state index in [1.165, 1.54) is 16.7 Å². The van der Waals surface area contributed by atoms with Crippen molar-refractivity contribution < 1.29 is 0 Å². The maximum atomic E-state index is 4.18. The van der Waals surface area contributed by atoms with Gasteiger partial charge in [0.2, 0.25) is 0 Å². The average molecular weight is 171 g/mol. The number of pyridine rings is 1. The number of aryl methyl sites for hydroxylation is 1. The summed E-state index contributed by atoms with van der Waals surface area (Å²) in [6, 6.07) is 0. The molecule has 1 aliphatic rings. The predicted octanol–water partition coefficient (Wildman–Crippen LogP) is 3.07. The molecule has 1 atom stereocenters. The van der Waals surface area contributed by atoms with E-state index in [0.717, 1.165) is 0 Å². The first kappa shape index (κ1) is 8.24. The van der Waals surface area contributed by atoms with Gasteiger partial charge in [-0.2, -0.15) is 0 Å². The first-order chi connectivity index (χ1) is 6.27. The summed E-state index contributed by atoms with van der Waals surface area (Å²) in [6.45, 7) is 4.28. The monoisotopic (exact) mass is 171 g/mol. The van der Waals surface area contributed by atoms with Gasteiger partial charge >= 0.3 is 0 Å². The first-order valence-corrected chi connectivity index (χ1v) is 4.58. The highest BCUT2D eigenvalue weighted by Gasteiger charge is 2.04. The number of aromatic nitrogens is 1. The first-order valence-electron chi connectivity index (χ1n) is 4.58. The van der Waals surface area contributed by atoms with E-state index < -0.39 is 0 Å². The highest BCUT2D eigenvalue weighted by Crippen LogP contribution is 2.21. The van der Waals surface area contributed by atoms with Gasteiger partial charge in [-0.25, -0.2) is 0 Å².